The molecule has 6 nitrogen and oxygen atoms in total. The van der Waals surface area contributed by atoms with Gasteiger partial charge < -0.3 is 25.4 Å². The topological polar surface area (TPSA) is 109 Å². The van der Waals surface area contributed by atoms with E-state index in [9.17, 15) is 15.5 Å². The maximum atomic E-state index is 10.3. The summed E-state index contributed by atoms with van der Waals surface area (Å²) in [6, 6.07) is 11.7. The van der Waals surface area contributed by atoms with Gasteiger partial charge in [-0.3, -0.25) is 0 Å². The molecule has 6 heteroatoms. The number of methoxy groups -OCH3 is 1. The van der Waals surface area contributed by atoms with Gasteiger partial charge in [-0.1, -0.05) is 12.1 Å². The minimum Gasteiger partial charge on any atom is -0.508 e. The fraction of sp³-hybridized carbons (Fsp3) is 0.118. The standard InChI is InChI=1S/C17H14N2O4/c1-22-11-4-2-3-9(5-11)15-12(8-18)17(19)23-14-7-10(20)6-13(21)16(14)15/h2-7,15,20-21H,19H2,1H3. The van der Waals surface area contributed by atoms with E-state index in [4.69, 9.17) is 15.2 Å². The molecule has 1 aliphatic heterocycles. The molecule has 116 valence electrons. The highest BCUT2D eigenvalue weighted by Gasteiger charge is 2.33. The predicted molar refractivity (Wildman–Crippen MR) is 82.1 cm³/mol. The van der Waals surface area contributed by atoms with E-state index in [1.807, 2.05) is 6.07 Å². The highest BCUT2D eigenvalue weighted by Crippen LogP contribution is 2.48. The van der Waals surface area contributed by atoms with Gasteiger partial charge in [-0.05, 0) is 17.7 Å². The van der Waals surface area contributed by atoms with Gasteiger partial charge in [0.2, 0.25) is 5.88 Å². The van der Waals surface area contributed by atoms with E-state index in [-0.39, 0.29) is 28.7 Å². The summed E-state index contributed by atoms with van der Waals surface area (Å²) in [7, 11) is 1.54. The number of phenolic OH excluding ortho intramolecular Hbond substituents is 2. The van der Waals surface area contributed by atoms with Crippen LogP contribution in [0.3, 0.4) is 0 Å². The molecule has 0 saturated carbocycles. The van der Waals surface area contributed by atoms with Crippen LogP contribution in [0.15, 0.2) is 47.9 Å². The first-order valence-corrected chi connectivity index (χ1v) is 6.82. The minimum absolute atomic E-state index is 0.0576. The van der Waals surface area contributed by atoms with Crippen LogP contribution in [0.5, 0.6) is 23.0 Å². The number of nitrogens with two attached hydrogens (primary N) is 1. The SMILES string of the molecule is COc1cccc(C2C(C#N)=C(N)Oc3cc(O)cc(O)c32)c1. The molecule has 0 fully saturated rings. The lowest BCUT2D eigenvalue weighted by molar-refractivity contribution is 0.374. The Kier molecular flexibility index (Phi) is 3.47. The van der Waals surface area contributed by atoms with Crippen LogP contribution in [0.25, 0.3) is 0 Å². The van der Waals surface area contributed by atoms with E-state index in [0.29, 0.717) is 11.3 Å². The summed E-state index contributed by atoms with van der Waals surface area (Å²) in [5.74, 6) is -0.166. The number of rotatable bonds is 2. The molecule has 3 rings (SSSR count). The summed E-state index contributed by atoms with van der Waals surface area (Å²) in [4.78, 5) is 0. The van der Waals surface area contributed by atoms with E-state index in [2.05, 4.69) is 0 Å². The third kappa shape index (κ3) is 2.38. The quantitative estimate of drug-likeness (QED) is 0.785. The van der Waals surface area contributed by atoms with Crippen LogP contribution in [0.2, 0.25) is 0 Å². The molecule has 0 radical (unpaired) electrons. The molecule has 1 heterocycles. The highest BCUT2D eigenvalue weighted by molar-refractivity contribution is 5.62. The third-order valence-electron chi connectivity index (χ3n) is 3.72. The Hall–Kier alpha value is -3.33. The van der Waals surface area contributed by atoms with Crippen LogP contribution in [0, 0.1) is 11.3 Å². The van der Waals surface area contributed by atoms with Crippen LogP contribution in [-0.4, -0.2) is 17.3 Å². The zero-order valence-electron chi connectivity index (χ0n) is 12.3. The maximum Gasteiger partial charge on any atom is 0.205 e. The molecular formula is C17H14N2O4. The van der Waals surface area contributed by atoms with Crippen molar-refractivity contribution in [3.63, 3.8) is 0 Å². The Bertz CT molecular complexity index is 852. The van der Waals surface area contributed by atoms with Crippen molar-refractivity contribution in [2.24, 2.45) is 5.73 Å². The zero-order valence-corrected chi connectivity index (χ0v) is 12.3. The van der Waals surface area contributed by atoms with Gasteiger partial charge in [-0.2, -0.15) is 5.26 Å². The largest absolute Gasteiger partial charge is 0.508 e. The first kappa shape index (κ1) is 14.6. The van der Waals surface area contributed by atoms with Crippen LogP contribution in [-0.2, 0) is 0 Å². The van der Waals surface area contributed by atoms with Gasteiger partial charge in [0.25, 0.3) is 0 Å². The minimum atomic E-state index is -0.612. The smallest absolute Gasteiger partial charge is 0.205 e. The number of benzene rings is 2. The van der Waals surface area contributed by atoms with E-state index in [0.717, 1.165) is 5.56 Å². The maximum absolute atomic E-state index is 10.3. The number of nitrogens with zero attached hydrogens (tertiary/aromatic N) is 1. The van der Waals surface area contributed by atoms with Gasteiger partial charge in [0.15, 0.2) is 0 Å². The normalized spacial score (nSPS) is 16.3. The Balaban J connectivity index is 2.27. The second kappa shape index (κ2) is 5.46. The predicted octanol–water partition coefficient (Wildman–Crippen LogP) is 2.32. The van der Waals surface area contributed by atoms with Crippen molar-refractivity contribution < 1.29 is 19.7 Å². The molecule has 0 bridgehead atoms. The van der Waals surface area contributed by atoms with Crippen molar-refractivity contribution in [2.75, 3.05) is 7.11 Å². The molecule has 0 spiro atoms. The number of allylic oxidation sites excluding steroid dienone is 1. The van der Waals surface area contributed by atoms with Gasteiger partial charge in [0.1, 0.15) is 34.6 Å². The van der Waals surface area contributed by atoms with Crippen molar-refractivity contribution in [3.05, 3.63) is 59.0 Å². The summed E-state index contributed by atoms with van der Waals surface area (Å²) in [6.45, 7) is 0. The number of ether oxygens (including phenoxy) is 2. The summed E-state index contributed by atoms with van der Waals surface area (Å²) in [5.41, 5.74) is 7.12. The van der Waals surface area contributed by atoms with Crippen LogP contribution in [0.4, 0.5) is 0 Å². The summed E-state index contributed by atoms with van der Waals surface area (Å²) >= 11 is 0. The first-order valence-electron chi connectivity index (χ1n) is 6.82. The zero-order chi connectivity index (χ0) is 16.6. The Labute approximate surface area is 132 Å². The summed E-state index contributed by atoms with van der Waals surface area (Å²) in [6.07, 6.45) is 0. The van der Waals surface area contributed by atoms with Crippen molar-refractivity contribution in [1.82, 2.24) is 0 Å². The molecular weight excluding hydrogens is 296 g/mol. The van der Waals surface area contributed by atoms with Crippen molar-refractivity contribution in [1.29, 1.82) is 5.26 Å². The number of nitriles is 1. The third-order valence-corrected chi connectivity index (χ3v) is 3.72. The fourth-order valence-electron chi connectivity index (χ4n) is 2.71. The molecule has 23 heavy (non-hydrogen) atoms. The molecule has 1 atom stereocenters. The monoisotopic (exact) mass is 310 g/mol. The molecule has 0 amide bonds. The Morgan fingerprint density at radius 1 is 1.26 bits per heavy atom. The number of hydrogen-bond acceptors (Lipinski definition) is 6. The molecule has 0 aliphatic carbocycles. The van der Waals surface area contributed by atoms with Gasteiger partial charge in [-0.25, -0.2) is 0 Å². The van der Waals surface area contributed by atoms with Crippen LogP contribution >= 0.6 is 0 Å². The molecule has 0 saturated heterocycles. The second-order valence-electron chi connectivity index (χ2n) is 5.08. The number of phenols is 2. The fourth-order valence-corrected chi connectivity index (χ4v) is 2.71. The lowest BCUT2D eigenvalue weighted by Crippen LogP contribution is -2.21. The van der Waals surface area contributed by atoms with E-state index in [1.165, 1.54) is 12.1 Å². The first-order chi connectivity index (χ1) is 11.0. The summed E-state index contributed by atoms with van der Waals surface area (Å²) in [5, 5.41) is 29.3. The van der Waals surface area contributed by atoms with E-state index >= 15 is 0 Å². The highest BCUT2D eigenvalue weighted by atomic mass is 16.5. The molecule has 2 aromatic rings. The van der Waals surface area contributed by atoms with Gasteiger partial charge >= 0.3 is 0 Å². The summed E-state index contributed by atoms with van der Waals surface area (Å²) < 4.78 is 10.6. The van der Waals surface area contributed by atoms with Crippen molar-refractivity contribution >= 4 is 0 Å². The number of fused-ring (bicyclic) bond motifs is 1. The van der Waals surface area contributed by atoms with E-state index in [1.54, 1.807) is 31.4 Å². The lowest BCUT2D eigenvalue weighted by atomic mass is 9.83. The van der Waals surface area contributed by atoms with Crippen LogP contribution in [0.1, 0.15) is 17.0 Å². The Morgan fingerprint density at radius 2 is 2.04 bits per heavy atom. The van der Waals surface area contributed by atoms with Crippen molar-refractivity contribution in [3.8, 4) is 29.1 Å². The molecule has 1 aliphatic rings. The van der Waals surface area contributed by atoms with Gasteiger partial charge in [-0.15, -0.1) is 0 Å². The molecule has 2 aromatic carbocycles. The van der Waals surface area contributed by atoms with Gasteiger partial charge in [0, 0.05) is 17.7 Å². The van der Waals surface area contributed by atoms with E-state index < -0.39 is 5.92 Å². The average molecular weight is 310 g/mol. The Morgan fingerprint density at radius 3 is 2.74 bits per heavy atom. The average Bonchev–Trinajstić information content (AvgIpc) is 2.53. The lowest BCUT2D eigenvalue weighted by Gasteiger charge is -2.27. The molecule has 0 aromatic heterocycles. The van der Waals surface area contributed by atoms with Gasteiger partial charge in [0.05, 0.1) is 13.0 Å². The molecule has 4 N–H and O–H groups in total. The van der Waals surface area contributed by atoms with Crippen LogP contribution < -0.4 is 15.2 Å². The second-order valence-corrected chi connectivity index (χ2v) is 5.08. The number of hydrogen-bond donors (Lipinski definition) is 3. The number of aromatic hydroxyl groups is 2. The molecule has 1 unspecified atom stereocenters. The van der Waals surface area contributed by atoms with Crippen molar-refractivity contribution in [2.45, 2.75) is 5.92 Å².